The first-order valence-corrected chi connectivity index (χ1v) is 8.38. The summed E-state index contributed by atoms with van der Waals surface area (Å²) >= 11 is 0. The monoisotopic (exact) mass is 313 g/mol. The number of benzene rings is 1. The van der Waals surface area contributed by atoms with Gasteiger partial charge in [0.05, 0.1) is 16.6 Å². The van der Waals surface area contributed by atoms with Gasteiger partial charge in [-0.05, 0) is 49.8 Å². The Morgan fingerprint density at radius 2 is 1.90 bits per heavy atom. The number of carboxylic acid groups (broad SMARTS) is 1. The highest BCUT2D eigenvalue weighted by Crippen LogP contribution is 2.24. The van der Waals surface area contributed by atoms with E-state index in [9.17, 15) is 18.3 Å². The highest BCUT2D eigenvalue weighted by molar-refractivity contribution is 7.89. The van der Waals surface area contributed by atoms with Gasteiger partial charge in [0.15, 0.2) is 0 Å². The summed E-state index contributed by atoms with van der Waals surface area (Å²) in [7, 11) is -3.71. The Kier molecular flexibility index (Phi) is 4.97. The van der Waals surface area contributed by atoms with Gasteiger partial charge in [-0.3, -0.25) is 0 Å². The van der Waals surface area contributed by atoms with Gasteiger partial charge in [-0.25, -0.2) is 17.9 Å². The van der Waals surface area contributed by atoms with Crippen molar-refractivity contribution in [3.05, 3.63) is 29.8 Å². The Morgan fingerprint density at radius 1 is 1.24 bits per heavy atom. The molecule has 0 spiro atoms. The molecule has 1 aromatic carbocycles. The van der Waals surface area contributed by atoms with Crippen molar-refractivity contribution in [2.45, 2.75) is 36.7 Å². The predicted octanol–water partition coefficient (Wildman–Crippen LogP) is 1.21. The molecule has 3 N–H and O–H groups in total. The molecule has 2 rings (SSSR count). The van der Waals surface area contributed by atoms with Crippen molar-refractivity contribution in [1.82, 2.24) is 4.72 Å². The molecule has 1 aliphatic carbocycles. The summed E-state index contributed by atoms with van der Waals surface area (Å²) in [6, 6.07) is 5.29. The summed E-state index contributed by atoms with van der Waals surface area (Å²) in [4.78, 5) is 10.8. The van der Waals surface area contributed by atoms with Crippen molar-refractivity contribution in [3.8, 4) is 0 Å². The number of sulfonamides is 1. The van der Waals surface area contributed by atoms with E-state index in [1.54, 1.807) is 0 Å². The van der Waals surface area contributed by atoms with Crippen LogP contribution in [0.3, 0.4) is 0 Å². The van der Waals surface area contributed by atoms with Gasteiger partial charge in [0.2, 0.25) is 10.0 Å². The molecule has 0 saturated heterocycles. The van der Waals surface area contributed by atoms with E-state index in [4.69, 9.17) is 5.11 Å². The van der Waals surface area contributed by atoms with E-state index >= 15 is 0 Å². The van der Waals surface area contributed by atoms with Crippen LogP contribution in [0, 0.1) is 5.92 Å². The fraction of sp³-hybridized carbons (Fsp3) is 0.500. The molecule has 0 atom stereocenters. The molecule has 0 aliphatic heterocycles. The molecule has 0 radical (unpaired) electrons. The number of hydrogen-bond acceptors (Lipinski definition) is 4. The third kappa shape index (κ3) is 4.26. The lowest BCUT2D eigenvalue weighted by molar-refractivity contribution is 0.0696. The number of rotatable bonds is 5. The highest BCUT2D eigenvalue weighted by Gasteiger charge is 2.22. The summed E-state index contributed by atoms with van der Waals surface area (Å²) in [5.41, 5.74) is -0.0568. The number of aliphatic hydroxyl groups is 1. The number of aromatic carboxylic acids is 1. The first kappa shape index (κ1) is 15.9. The summed E-state index contributed by atoms with van der Waals surface area (Å²) < 4.78 is 26.8. The van der Waals surface area contributed by atoms with Crippen molar-refractivity contribution < 1.29 is 23.4 Å². The van der Waals surface area contributed by atoms with Gasteiger partial charge in [-0.15, -0.1) is 0 Å². The molecule has 1 aromatic rings. The molecule has 7 heteroatoms. The van der Waals surface area contributed by atoms with Gasteiger partial charge in [0, 0.05) is 6.54 Å². The quantitative estimate of drug-likeness (QED) is 0.758. The van der Waals surface area contributed by atoms with Gasteiger partial charge in [-0.2, -0.15) is 0 Å². The first-order chi connectivity index (χ1) is 9.88. The third-order valence-electron chi connectivity index (χ3n) is 3.77. The SMILES string of the molecule is O=C(O)c1cccc(S(=O)(=O)NCC2CCC(O)CC2)c1. The molecule has 0 unspecified atom stereocenters. The summed E-state index contributed by atoms with van der Waals surface area (Å²) in [5, 5.41) is 18.3. The topological polar surface area (TPSA) is 104 Å². The number of nitrogens with one attached hydrogen (secondary N) is 1. The zero-order valence-corrected chi connectivity index (χ0v) is 12.3. The fourth-order valence-electron chi connectivity index (χ4n) is 2.46. The maximum atomic E-state index is 12.2. The molecule has 21 heavy (non-hydrogen) atoms. The minimum atomic E-state index is -3.71. The Bertz CT molecular complexity index is 606. The van der Waals surface area contributed by atoms with E-state index in [2.05, 4.69) is 4.72 Å². The highest BCUT2D eigenvalue weighted by atomic mass is 32.2. The lowest BCUT2D eigenvalue weighted by Gasteiger charge is -2.25. The second kappa shape index (κ2) is 6.55. The molecule has 1 aliphatic rings. The van der Waals surface area contributed by atoms with Crippen LogP contribution in [0.1, 0.15) is 36.0 Å². The van der Waals surface area contributed by atoms with Crippen LogP contribution in [-0.2, 0) is 10.0 Å². The van der Waals surface area contributed by atoms with Crippen LogP contribution in [0.4, 0.5) is 0 Å². The predicted molar refractivity (Wildman–Crippen MR) is 76.6 cm³/mol. The molecule has 0 bridgehead atoms. The number of carbonyl (C=O) groups is 1. The summed E-state index contributed by atoms with van der Waals surface area (Å²) in [6.45, 7) is 0.312. The van der Waals surface area contributed by atoms with Crippen LogP contribution in [0.25, 0.3) is 0 Å². The molecule has 0 aromatic heterocycles. The lowest BCUT2D eigenvalue weighted by atomic mass is 9.88. The Hall–Kier alpha value is -1.44. The van der Waals surface area contributed by atoms with Gasteiger partial charge in [0.25, 0.3) is 0 Å². The molecular formula is C14H19NO5S. The van der Waals surface area contributed by atoms with E-state index < -0.39 is 16.0 Å². The third-order valence-corrected chi connectivity index (χ3v) is 5.19. The lowest BCUT2D eigenvalue weighted by Crippen LogP contribution is -2.32. The average Bonchev–Trinajstić information content (AvgIpc) is 2.47. The maximum absolute atomic E-state index is 12.2. The van der Waals surface area contributed by atoms with Crippen LogP contribution in [0.15, 0.2) is 29.2 Å². The van der Waals surface area contributed by atoms with Crippen molar-refractivity contribution in [3.63, 3.8) is 0 Å². The number of hydrogen-bond donors (Lipinski definition) is 3. The van der Waals surface area contributed by atoms with Crippen molar-refractivity contribution >= 4 is 16.0 Å². The minimum absolute atomic E-state index is 0.0433. The molecular weight excluding hydrogens is 294 g/mol. The van der Waals surface area contributed by atoms with E-state index in [1.807, 2.05) is 0 Å². The molecule has 0 heterocycles. The van der Waals surface area contributed by atoms with Gasteiger partial charge < -0.3 is 10.2 Å². The second-order valence-corrected chi connectivity index (χ2v) is 7.13. The van der Waals surface area contributed by atoms with Gasteiger partial charge >= 0.3 is 5.97 Å². The molecule has 6 nitrogen and oxygen atoms in total. The van der Waals surface area contributed by atoms with Crippen LogP contribution >= 0.6 is 0 Å². The zero-order valence-electron chi connectivity index (χ0n) is 11.5. The van der Waals surface area contributed by atoms with Crippen LogP contribution < -0.4 is 4.72 Å². The Morgan fingerprint density at radius 3 is 2.52 bits per heavy atom. The van der Waals surface area contributed by atoms with Gasteiger partial charge in [-0.1, -0.05) is 6.07 Å². The molecule has 116 valence electrons. The van der Waals surface area contributed by atoms with E-state index in [-0.39, 0.29) is 22.5 Å². The fourth-order valence-corrected chi connectivity index (χ4v) is 3.62. The number of carboxylic acids is 1. The van der Waals surface area contributed by atoms with Gasteiger partial charge in [0.1, 0.15) is 0 Å². The Balaban J connectivity index is 2.01. The molecule has 1 saturated carbocycles. The number of aliphatic hydroxyl groups excluding tert-OH is 1. The largest absolute Gasteiger partial charge is 0.478 e. The minimum Gasteiger partial charge on any atom is -0.478 e. The first-order valence-electron chi connectivity index (χ1n) is 6.89. The van der Waals surface area contributed by atoms with Crippen LogP contribution in [0.2, 0.25) is 0 Å². The summed E-state index contributed by atoms with van der Waals surface area (Å²) in [5.74, 6) is -0.945. The van der Waals surface area contributed by atoms with E-state index in [1.165, 1.54) is 18.2 Å². The summed E-state index contributed by atoms with van der Waals surface area (Å²) in [6.07, 6.45) is 2.70. The maximum Gasteiger partial charge on any atom is 0.335 e. The molecule has 1 fully saturated rings. The van der Waals surface area contributed by atoms with Crippen molar-refractivity contribution in [1.29, 1.82) is 0 Å². The van der Waals surface area contributed by atoms with Crippen LogP contribution in [0.5, 0.6) is 0 Å². The van der Waals surface area contributed by atoms with Crippen molar-refractivity contribution in [2.24, 2.45) is 5.92 Å². The average molecular weight is 313 g/mol. The standard InChI is InChI=1S/C14H19NO5S/c16-12-6-4-10(5-7-12)9-15-21(19,20)13-3-1-2-11(8-13)14(17)18/h1-3,8,10,12,15-16H,4-7,9H2,(H,17,18). The smallest absolute Gasteiger partial charge is 0.335 e. The molecule has 0 amide bonds. The van der Waals surface area contributed by atoms with Crippen LogP contribution in [-0.4, -0.2) is 37.2 Å². The zero-order chi connectivity index (χ0) is 15.5. The van der Waals surface area contributed by atoms with E-state index in [0.29, 0.717) is 19.4 Å². The van der Waals surface area contributed by atoms with Crippen molar-refractivity contribution in [2.75, 3.05) is 6.54 Å². The normalized spacial score (nSPS) is 22.9. The van der Waals surface area contributed by atoms with E-state index in [0.717, 1.165) is 18.9 Å². The Labute approximate surface area is 123 Å². The second-order valence-electron chi connectivity index (χ2n) is 5.36.